The Labute approximate surface area is 191 Å². The lowest BCUT2D eigenvalue weighted by molar-refractivity contribution is -0.192. The predicted molar refractivity (Wildman–Crippen MR) is 118 cm³/mol. The Hall–Kier alpha value is -2.87. The van der Waals surface area contributed by atoms with Crippen LogP contribution in [0.3, 0.4) is 0 Å². The fraction of sp³-hybridized carbons (Fsp3) is 0.440. The fourth-order valence-electron chi connectivity index (χ4n) is 5.36. The zero-order chi connectivity index (χ0) is 24.2. The molecule has 8 heteroatoms. The van der Waals surface area contributed by atoms with Crippen molar-refractivity contribution >= 4 is 11.9 Å². The van der Waals surface area contributed by atoms with Crippen LogP contribution in [0.15, 0.2) is 60.7 Å². The number of carbonyl (C=O) groups is 2. The summed E-state index contributed by atoms with van der Waals surface area (Å²) in [5.41, 5.74) is 7.41. The summed E-state index contributed by atoms with van der Waals surface area (Å²) in [6, 6.07) is 21.6. The van der Waals surface area contributed by atoms with Gasteiger partial charge in [-0.25, -0.2) is 4.79 Å². The topological polar surface area (TPSA) is 83.6 Å². The summed E-state index contributed by atoms with van der Waals surface area (Å²) in [5, 5.41) is 7.12. The van der Waals surface area contributed by atoms with Crippen molar-refractivity contribution in [1.82, 2.24) is 4.90 Å². The third kappa shape index (κ3) is 5.38. The third-order valence-electron chi connectivity index (χ3n) is 6.99. The van der Waals surface area contributed by atoms with E-state index < -0.39 is 17.6 Å². The molecule has 0 spiro atoms. The Balaban J connectivity index is 0.000000383. The molecule has 2 heterocycles. The average molecular weight is 463 g/mol. The maximum Gasteiger partial charge on any atom is 0.490 e. The van der Waals surface area contributed by atoms with Gasteiger partial charge in [0.2, 0.25) is 5.91 Å². The zero-order valence-corrected chi connectivity index (χ0v) is 18.5. The quantitative estimate of drug-likeness (QED) is 0.692. The molecule has 2 aliphatic rings. The molecule has 2 aromatic carbocycles. The van der Waals surface area contributed by atoms with E-state index in [0.717, 1.165) is 17.5 Å². The smallest absolute Gasteiger partial charge is 0.475 e. The summed E-state index contributed by atoms with van der Waals surface area (Å²) in [4.78, 5) is 24.4. The first kappa shape index (κ1) is 24.8. The molecule has 0 aromatic heterocycles. The minimum absolute atomic E-state index is 0.235. The number of hydrogen-bond donors (Lipinski definition) is 2. The van der Waals surface area contributed by atoms with Crippen molar-refractivity contribution in [3.63, 3.8) is 0 Å². The van der Waals surface area contributed by atoms with Gasteiger partial charge in [-0.3, -0.25) is 4.79 Å². The predicted octanol–water partition coefficient (Wildman–Crippen LogP) is 4.35. The maximum absolute atomic E-state index is 13.0. The summed E-state index contributed by atoms with van der Waals surface area (Å²) in [7, 11) is 2.26. The van der Waals surface area contributed by atoms with Crippen LogP contribution in [0.25, 0.3) is 0 Å². The van der Waals surface area contributed by atoms with E-state index in [-0.39, 0.29) is 5.91 Å². The van der Waals surface area contributed by atoms with E-state index in [0.29, 0.717) is 18.0 Å². The molecular formula is C25H29F3N2O3. The molecule has 0 saturated carbocycles. The molecule has 2 aromatic rings. The molecular weight excluding hydrogens is 433 g/mol. The number of carboxylic acids is 1. The number of fused-ring (bicyclic) bond motifs is 2. The largest absolute Gasteiger partial charge is 0.490 e. The van der Waals surface area contributed by atoms with Crippen molar-refractivity contribution in [2.75, 3.05) is 7.05 Å². The van der Waals surface area contributed by atoms with E-state index >= 15 is 0 Å². The van der Waals surface area contributed by atoms with Gasteiger partial charge in [-0.15, -0.1) is 0 Å². The second-order valence-electron chi connectivity index (χ2n) is 8.90. The second kappa shape index (κ2) is 9.95. The highest BCUT2D eigenvalue weighted by atomic mass is 19.4. The number of carbonyl (C=O) groups excluding carboxylic acids is 1. The van der Waals surface area contributed by atoms with Crippen molar-refractivity contribution in [2.45, 2.75) is 55.8 Å². The number of amides is 1. The Kier molecular flexibility index (Phi) is 7.47. The lowest BCUT2D eigenvalue weighted by Crippen LogP contribution is -2.47. The number of benzene rings is 2. The van der Waals surface area contributed by atoms with Crippen molar-refractivity contribution in [1.29, 1.82) is 0 Å². The molecule has 5 nitrogen and oxygen atoms in total. The second-order valence-corrected chi connectivity index (χ2v) is 8.90. The molecule has 3 atom stereocenters. The molecule has 3 N–H and O–H groups in total. The molecule has 33 heavy (non-hydrogen) atoms. The average Bonchev–Trinajstić information content (AvgIpc) is 2.98. The van der Waals surface area contributed by atoms with Crippen LogP contribution in [0, 0.1) is 5.92 Å². The number of piperidine rings is 1. The van der Waals surface area contributed by atoms with Crippen LogP contribution in [0.5, 0.6) is 0 Å². The van der Waals surface area contributed by atoms with Gasteiger partial charge >= 0.3 is 12.1 Å². The molecule has 4 rings (SSSR count). The number of primary amides is 1. The minimum atomic E-state index is -5.08. The van der Waals surface area contributed by atoms with Crippen LogP contribution >= 0.6 is 0 Å². The van der Waals surface area contributed by atoms with Gasteiger partial charge in [-0.05, 0) is 56.2 Å². The van der Waals surface area contributed by atoms with Crippen molar-refractivity contribution in [3.8, 4) is 0 Å². The van der Waals surface area contributed by atoms with E-state index in [1.807, 2.05) is 36.4 Å². The number of halogens is 3. The van der Waals surface area contributed by atoms with E-state index in [9.17, 15) is 18.0 Å². The summed E-state index contributed by atoms with van der Waals surface area (Å²) in [6.07, 6.45) is 0.635. The maximum atomic E-state index is 13.0. The minimum Gasteiger partial charge on any atom is -0.475 e. The Morgan fingerprint density at radius 1 is 0.939 bits per heavy atom. The van der Waals surface area contributed by atoms with E-state index in [4.69, 9.17) is 15.6 Å². The molecule has 178 valence electrons. The molecule has 1 unspecified atom stereocenters. The standard InChI is InChI=1S/C23H28N2O.C2HF3O2/c1-25-20-12-13-21(25)15-17(14-20)16-23(22(24)26,18-8-4-2-5-9-18)19-10-6-3-7-11-19;3-2(4,5)1(6)7/h2-11,17,20-21H,12-16H2,1H3,(H2,24,26);(H,6,7)/t17?,20-,21+;. The number of alkyl halides is 3. The SMILES string of the molecule is CN1[C@@H]2CC[C@H]1CC(CC(C(N)=O)(c1ccccc1)c1ccccc1)C2.O=C(O)C(F)(F)F. The van der Waals surface area contributed by atoms with Gasteiger partial charge < -0.3 is 15.7 Å². The Morgan fingerprint density at radius 2 is 1.33 bits per heavy atom. The number of carboxylic acid groups (broad SMARTS) is 1. The van der Waals surface area contributed by atoms with Gasteiger partial charge in [0.1, 0.15) is 0 Å². The molecule has 1 amide bonds. The van der Waals surface area contributed by atoms with Gasteiger partial charge in [-0.2, -0.15) is 13.2 Å². The number of hydrogen-bond acceptors (Lipinski definition) is 3. The monoisotopic (exact) mass is 462 g/mol. The van der Waals surface area contributed by atoms with Crippen LogP contribution in [0.4, 0.5) is 13.2 Å². The highest BCUT2D eigenvalue weighted by molar-refractivity contribution is 5.90. The number of rotatable bonds is 5. The van der Waals surface area contributed by atoms with Crippen LogP contribution in [-0.2, 0) is 15.0 Å². The first-order valence-electron chi connectivity index (χ1n) is 11.0. The van der Waals surface area contributed by atoms with Crippen LogP contribution < -0.4 is 5.73 Å². The summed E-state index contributed by atoms with van der Waals surface area (Å²) in [5.74, 6) is -2.47. The van der Waals surface area contributed by atoms with Crippen LogP contribution in [-0.4, -0.2) is 47.2 Å². The van der Waals surface area contributed by atoms with E-state index in [1.54, 1.807) is 0 Å². The highest BCUT2D eigenvalue weighted by Gasteiger charge is 2.46. The summed E-state index contributed by atoms with van der Waals surface area (Å²) >= 11 is 0. The molecule has 2 saturated heterocycles. The van der Waals surface area contributed by atoms with Gasteiger partial charge in [0, 0.05) is 12.1 Å². The normalized spacial score (nSPS) is 22.8. The van der Waals surface area contributed by atoms with Gasteiger partial charge in [-0.1, -0.05) is 60.7 Å². The molecule has 2 aliphatic heterocycles. The van der Waals surface area contributed by atoms with E-state index in [1.165, 1.54) is 25.7 Å². The highest BCUT2D eigenvalue weighted by Crippen LogP contribution is 2.45. The van der Waals surface area contributed by atoms with Crippen molar-refractivity contribution in [3.05, 3.63) is 71.8 Å². The number of aliphatic carboxylic acids is 1. The first-order chi connectivity index (χ1) is 15.6. The third-order valence-corrected chi connectivity index (χ3v) is 6.99. The lowest BCUT2D eigenvalue weighted by Gasteiger charge is -2.41. The van der Waals surface area contributed by atoms with Gasteiger partial charge in [0.15, 0.2) is 0 Å². The Morgan fingerprint density at radius 3 is 1.67 bits per heavy atom. The number of nitrogens with two attached hydrogens (primary N) is 1. The van der Waals surface area contributed by atoms with Crippen LogP contribution in [0.2, 0.25) is 0 Å². The van der Waals surface area contributed by atoms with Crippen molar-refractivity contribution < 1.29 is 27.9 Å². The van der Waals surface area contributed by atoms with Gasteiger partial charge in [0.25, 0.3) is 0 Å². The van der Waals surface area contributed by atoms with Gasteiger partial charge in [0.05, 0.1) is 5.41 Å². The molecule has 0 aliphatic carbocycles. The fourth-order valence-corrected chi connectivity index (χ4v) is 5.36. The lowest BCUT2D eigenvalue weighted by atomic mass is 9.66. The molecule has 2 fully saturated rings. The summed E-state index contributed by atoms with van der Waals surface area (Å²) in [6.45, 7) is 0. The van der Waals surface area contributed by atoms with Crippen molar-refractivity contribution in [2.24, 2.45) is 11.7 Å². The van der Waals surface area contributed by atoms with Crippen LogP contribution in [0.1, 0.15) is 43.2 Å². The van der Waals surface area contributed by atoms with E-state index in [2.05, 4.69) is 36.2 Å². The molecule has 2 bridgehead atoms. The number of nitrogens with zero attached hydrogens (tertiary/aromatic N) is 1. The first-order valence-corrected chi connectivity index (χ1v) is 11.0. The summed E-state index contributed by atoms with van der Waals surface area (Å²) < 4.78 is 31.7. The Bertz CT molecular complexity index is 897. The molecule has 0 radical (unpaired) electrons. The zero-order valence-electron chi connectivity index (χ0n) is 18.5.